The Morgan fingerprint density at radius 1 is 1.15 bits per heavy atom. The summed E-state index contributed by atoms with van der Waals surface area (Å²) in [5.74, 6) is -2.20. The number of imidazole rings is 1. The van der Waals surface area contributed by atoms with E-state index in [1.165, 1.54) is 12.3 Å². The van der Waals surface area contributed by atoms with Crippen LogP contribution in [-0.4, -0.2) is 31.8 Å². The minimum absolute atomic E-state index is 0.0494. The molecule has 3 heterocycles. The number of pyridine rings is 2. The molecular weight excluding hydrogens is 521 g/mol. The van der Waals surface area contributed by atoms with Crippen LogP contribution in [0.4, 0.5) is 27.8 Å². The van der Waals surface area contributed by atoms with E-state index in [1.807, 2.05) is 0 Å². The zero-order chi connectivity index (χ0) is 28.2. The molecule has 0 aliphatic heterocycles. The van der Waals surface area contributed by atoms with Gasteiger partial charge in [0.2, 0.25) is 0 Å². The first-order chi connectivity index (χ1) is 18.5. The predicted molar refractivity (Wildman–Crippen MR) is 134 cm³/mol. The number of amides is 1. The lowest BCUT2D eigenvalue weighted by molar-refractivity contribution is -0.137. The van der Waals surface area contributed by atoms with Gasteiger partial charge in [0.1, 0.15) is 28.9 Å². The zero-order valence-corrected chi connectivity index (χ0v) is 20.0. The molecule has 1 amide bonds. The number of anilines is 1. The number of benzene rings is 1. The van der Waals surface area contributed by atoms with Crippen LogP contribution in [0.2, 0.25) is 0 Å². The van der Waals surface area contributed by atoms with Crippen LogP contribution in [-0.2, 0) is 17.5 Å². The topological polar surface area (TPSA) is 122 Å². The van der Waals surface area contributed by atoms with Crippen LogP contribution in [0.1, 0.15) is 23.1 Å². The molecule has 200 valence electrons. The second-order valence-corrected chi connectivity index (χ2v) is 8.28. The standard InChI is InChI=1S/C26H20F5N7O/c27-19-5-4-15(20(28)11-19)13-36-22(33)10-16(9-21(32)17-8-18(14-34-12-17)26(29,30)31)25(39)37-24-3-1-2-23-35-6-7-38(23)24/h1-8,10-12,14,32H,9,13H2,(H2,33,36)(H,37,39)/b16-10+,32-21?. The van der Waals surface area contributed by atoms with Gasteiger partial charge in [-0.1, -0.05) is 12.1 Å². The Kier molecular flexibility index (Phi) is 7.79. The molecule has 0 atom stereocenters. The third-order valence-electron chi connectivity index (χ3n) is 5.51. The second-order valence-electron chi connectivity index (χ2n) is 8.28. The maximum Gasteiger partial charge on any atom is 0.417 e. The van der Waals surface area contributed by atoms with Crippen LogP contribution in [0, 0.1) is 17.0 Å². The fourth-order valence-corrected chi connectivity index (χ4v) is 3.55. The van der Waals surface area contributed by atoms with Gasteiger partial charge in [0.25, 0.3) is 5.91 Å². The first kappa shape index (κ1) is 27.1. The molecule has 0 bridgehead atoms. The van der Waals surface area contributed by atoms with Gasteiger partial charge in [-0.25, -0.2) is 13.8 Å². The highest BCUT2D eigenvalue weighted by Gasteiger charge is 2.31. The number of amidine groups is 1. The monoisotopic (exact) mass is 541 g/mol. The van der Waals surface area contributed by atoms with E-state index in [-0.39, 0.29) is 34.8 Å². The van der Waals surface area contributed by atoms with Crippen molar-refractivity contribution in [2.75, 3.05) is 5.32 Å². The van der Waals surface area contributed by atoms with Crippen LogP contribution in [0.5, 0.6) is 0 Å². The number of hydrogen-bond acceptors (Lipinski definition) is 5. The van der Waals surface area contributed by atoms with Crippen LogP contribution in [0.15, 0.2) is 83.9 Å². The lowest BCUT2D eigenvalue weighted by Gasteiger charge is -2.13. The van der Waals surface area contributed by atoms with Gasteiger partial charge in [-0.3, -0.25) is 19.2 Å². The van der Waals surface area contributed by atoms with Crippen molar-refractivity contribution in [3.63, 3.8) is 0 Å². The number of fused-ring (bicyclic) bond motifs is 1. The average molecular weight is 541 g/mol. The number of nitrogens with one attached hydrogen (secondary N) is 2. The molecule has 3 aromatic heterocycles. The molecule has 0 unspecified atom stereocenters. The van der Waals surface area contributed by atoms with Crippen LogP contribution in [0.25, 0.3) is 5.65 Å². The third-order valence-corrected chi connectivity index (χ3v) is 5.51. The number of halogens is 5. The number of carbonyl (C=O) groups is 1. The van der Waals surface area contributed by atoms with Crippen molar-refractivity contribution in [3.05, 3.63) is 107 Å². The highest BCUT2D eigenvalue weighted by atomic mass is 19.4. The van der Waals surface area contributed by atoms with Gasteiger partial charge in [-0.05, 0) is 30.3 Å². The van der Waals surface area contributed by atoms with Gasteiger partial charge in [-0.2, -0.15) is 13.2 Å². The van der Waals surface area contributed by atoms with Crippen molar-refractivity contribution in [3.8, 4) is 0 Å². The molecule has 0 saturated heterocycles. The Labute approximate surface area is 218 Å². The normalized spacial score (nSPS) is 12.5. The summed E-state index contributed by atoms with van der Waals surface area (Å²) in [5.41, 5.74) is 4.90. The predicted octanol–water partition coefficient (Wildman–Crippen LogP) is 4.91. The molecule has 4 rings (SSSR count). The number of carbonyl (C=O) groups excluding carboxylic acids is 1. The number of aromatic nitrogens is 3. The molecule has 13 heteroatoms. The molecule has 0 fully saturated rings. The van der Waals surface area contributed by atoms with Crippen molar-refractivity contribution in [2.45, 2.75) is 19.1 Å². The second kappa shape index (κ2) is 11.2. The minimum Gasteiger partial charge on any atom is -0.384 e. The number of hydrogen-bond donors (Lipinski definition) is 3. The maximum atomic E-state index is 14.0. The van der Waals surface area contributed by atoms with Crippen molar-refractivity contribution in [2.24, 2.45) is 10.7 Å². The summed E-state index contributed by atoms with van der Waals surface area (Å²) in [5, 5.41) is 11.0. The van der Waals surface area contributed by atoms with E-state index in [0.717, 1.165) is 24.4 Å². The first-order valence-electron chi connectivity index (χ1n) is 11.3. The van der Waals surface area contributed by atoms with E-state index in [2.05, 4.69) is 20.3 Å². The molecule has 1 aromatic carbocycles. The molecule has 4 N–H and O–H groups in total. The molecule has 0 saturated carbocycles. The molecule has 8 nitrogen and oxygen atoms in total. The summed E-state index contributed by atoms with van der Waals surface area (Å²) in [6.45, 7) is -0.271. The molecule has 0 aliphatic rings. The summed E-state index contributed by atoms with van der Waals surface area (Å²) >= 11 is 0. The highest BCUT2D eigenvalue weighted by Crippen LogP contribution is 2.29. The Morgan fingerprint density at radius 2 is 1.95 bits per heavy atom. The van der Waals surface area contributed by atoms with E-state index in [9.17, 15) is 26.7 Å². The van der Waals surface area contributed by atoms with Gasteiger partial charge in [0.05, 0.1) is 12.1 Å². The lowest BCUT2D eigenvalue weighted by Crippen LogP contribution is -2.21. The number of rotatable bonds is 8. The first-order valence-corrected chi connectivity index (χ1v) is 11.3. The summed E-state index contributed by atoms with van der Waals surface area (Å²) in [6.07, 6.45) is 0.875. The van der Waals surface area contributed by atoms with E-state index in [1.54, 1.807) is 28.8 Å². The quantitative estimate of drug-likeness (QED) is 0.127. The third kappa shape index (κ3) is 6.69. The Balaban J connectivity index is 1.63. The van der Waals surface area contributed by atoms with Gasteiger partial charge < -0.3 is 16.5 Å². The molecule has 0 aliphatic carbocycles. The van der Waals surface area contributed by atoms with E-state index in [4.69, 9.17) is 11.1 Å². The summed E-state index contributed by atoms with van der Waals surface area (Å²) in [4.78, 5) is 25.0. The Hall–Kier alpha value is -4.94. The van der Waals surface area contributed by atoms with Gasteiger partial charge in [-0.15, -0.1) is 0 Å². The van der Waals surface area contributed by atoms with Crippen molar-refractivity contribution >= 4 is 28.9 Å². The minimum atomic E-state index is -4.67. The molecule has 0 radical (unpaired) electrons. The molecular formula is C26H20F5N7O. The van der Waals surface area contributed by atoms with Gasteiger partial charge in [0.15, 0.2) is 0 Å². The zero-order valence-electron chi connectivity index (χ0n) is 20.0. The largest absolute Gasteiger partial charge is 0.417 e. The lowest BCUT2D eigenvalue weighted by atomic mass is 10.0. The molecule has 39 heavy (non-hydrogen) atoms. The van der Waals surface area contributed by atoms with Crippen LogP contribution >= 0.6 is 0 Å². The van der Waals surface area contributed by atoms with Gasteiger partial charge in [0, 0.05) is 59.7 Å². The number of alkyl halides is 3. The van der Waals surface area contributed by atoms with E-state index in [0.29, 0.717) is 23.7 Å². The SMILES string of the molecule is N=C(C/C(=C\C(N)=NCc1ccc(F)cc1F)C(=O)Nc1cccc2nccn12)c1cncc(C(F)(F)F)c1. The fraction of sp³-hybridized carbons (Fsp3) is 0.115. The van der Waals surface area contributed by atoms with Crippen molar-refractivity contribution < 1.29 is 26.7 Å². The van der Waals surface area contributed by atoms with Crippen LogP contribution in [0.3, 0.4) is 0 Å². The summed E-state index contributed by atoms with van der Waals surface area (Å²) in [6, 6.07) is 8.66. The summed E-state index contributed by atoms with van der Waals surface area (Å²) < 4.78 is 68.1. The summed E-state index contributed by atoms with van der Waals surface area (Å²) in [7, 11) is 0. The van der Waals surface area contributed by atoms with E-state index < -0.39 is 35.7 Å². The molecule has 4 aromatic rings. The number of aliphatic imine (C=N–C) groups is 1. The van der Waals surface area contributed by atoms with E-state index >= 15 is 0 Å². The Morgan fingerprint density at radius 3 is 2.69 bits per heavy atom. The highest BCUT2D eigenvalue weighted by molar-refractivity contribution is 6.13. The Bertz CT molecular complexity index is 1610. The van der Waals surface area contributed by atoms with Gasteiger partial charge >= 0.3 is 6.18 Å². The fourth-order valence-electron chi connectivity index (χ4n) is 3.55. The maximum absolute atomic E-state index is 14.0. The van der Waals surface area contributed by atoms with Crippen molar-refractivity contribution in [1.29, 1.82) is 5.41 Å². The number of nitrogens with two attached hydrogens (primary N) is 1. The average Bonchev–Trinajstić information content (AvgIpc) is 3.37. The molecule has 0 spiro atoms. The van der Waals surface area contributed by atoms with Crippen LogP contribution < -0.4 is 11.1 Å². The smallest absolute Gasteiger partial charge is 0.384 e. The van der Waals surface area contributed by atoms with Crippen molar-refractivity contribution in [1.82, 2.24) is 14.4 Å². The number of nitrogens with zero attached hydrogens (tertiary/aromatic N) is 4.